The molecule has 172 valence electrons. The number of hydrogen-bond acceptors (Lipinski definition) is 6. The molecule has 2 aromatic rings. The van der Waals surface area contributed by atoms with Crippen LogP contribution in [0.2, 0.25) is 5.02 Å². The van der Waals surface area contributed by atoms with Crippen LogP contribution in [-0.2, 0) is 14.8 Å². The van der Waals surface area contributed by atoms with Gasteiger partial charge in [-0.2, -0.15) is 4.31 Å². The number of benzene rings is 2. The van der Waals surface area contributed by atoms with Crippen LogP contribution in [0.4, 0.5) is 11.4 Å². The number of sulfonamides is 1. The predicted molar refractivity (Wildman–Crippen MR) is 125 cm³/mol. The Balaban J connectivity index is 1.49. The van der Waals surface area contributed by atoms with E-state index in [1.54, 1.807) is 0 Å². The van der Waals surface area contributed by atoms with Crippen LogP contribution in [0.1, 0.15) is 10.4 Å². The van der Waals surface area contributed by atoms with E-state index in [0.29, 0.717) is 45.1 Å². The molecule has 0 atom stereocenters. The van der Waals surface area contributed by atoms with Crippen LogP contribution in [-0.4, -0.2) is 83.1 Å². The van der Waals surface area contributed by atoms with Crippen LogP contribution in [0.3, 0.4) is 0 Å². The molecule has 0 bridgehead atoms. The maximum Gasteiger partial charge on any atom is 0.257 e. The highest BCUT2D eigenvalue weighted by Crippen LogP contribution is 2.25. The van der Waals surface area contributed by atoms with Crippen LogP contribution in [0, 0.1) is 0 Å². The summed E-state index contributed by atoms with van der Waals surface area (Å²) in [6.07, 6.45) is 0. The van der Waals surface area contributed by atoms with Crippen molar-refractivity contribution in [3.63, 3.8) is 0 Å². The summed E-state index contributed by atoms with van der Waals surface area (Å²) in [6, 6.07) is 11.8. The fraction of sp³-hybridized carbons (Fsp3) is 0.409. The van der Waals surface area contributed by atoms with E-state index in [-0.39, 0.29) is 15.5 Å². The Hall–Kier alpha value is -2.17. The highest BCUT2D eigenvalue weighted by atomic mass is 35.5. The average Bonchev–Trinajstić information content (AvgIpc) is 2.80. The van der Waals surface area contributed by atoms with Crippen molar-refractivity contribution in [3.05, 3.63) is 53.1 Å². The molecule has 0 aromatic heterocycles. The van der Waals surface area contributed by atoms with Gasteiger partial charge in [-0.25, -0.2) is 8.42 Å². The highest BCUT2D eigenvalue weighted by Gasteiger charge is 2.28. The Bertz CT molecular complexity index is 1060. The van der Waals surface area contributed by atoms with Gasteiger partial charge in [0, 0.05) is 50.6 Å². The minimum Gasteiger partial charge on any atom is -0.378 e. The lowest BCUT2D eigenvalue weighted by atomic mass is 10.2. The van der Waals surface area contributed by atoms with E-state index in [9.17, 15) is 13.2 Å². The zero-order valence-corrected chi connectivity index (χ0v) is 19.5. The predicted octanol–water partition coefficient (Wildman–Crippen LogP) is 2.37. The maximum atomic E-state index is 13.0. The van der Waals surface area contributed by atoms with E-state index in [4.69, 9.17) is 16.3 Å². The van der Waals surface area contributed by atoms with Crippen molar-refractivity contribution in [2.24, 2.45) is 0 Å². The molecular weight excluding hydrogens is 452 g/mol. The first-order chi connectivity index (χ1) is 15.3. The van der Waals surface area contributed by atoms with Gasteiger partial charge in [0.05, 0.1) is 28.7 Å². The van der Waals surface area contributed by atoms with Crippen LogP contribution in [0.25, 0.3) is 0 Å². The maximum absolute atomic E-state index is 13.0. The van der Waals surface area contributed by atoms with Gasteiger partial charge in [-0.1, -0.05) is 11.6 Å². The zero-order chi connectivity index (χ0) is 22.7. The Morgan fingerprint density at radius 2 is 1.62 bits per heavy atom. The fourth-order valence-electron chi connectivity index (χ4n) is 3.79. The zero-order valence-electron chi connectivity index (χ0n) is 18.0. The monoisotopic (exact) mass is 478 g/mol. The van der Waals surface area contributed by atoms with Gasteiger partial charge >= 0.3 is 0 Å². The molecule has 32 heavy (non-hydrogen) atoms. The van der Waals surface area contributed by atoms with E-state index in [1.165, 1.54) is 22.5 Å². The summed E-state index contributed by atoms with van der Waals surface area (Å²) in [7, 11) is -1.74. The summed E-state index contributed by atoms with van der Waals surface area (Å²) in [6.45, 7) is 5.22. The molecule has 1 amide bonds. The van der Waals surface area contributed by atoms with Gasteiger partial charge in [0.2, 0.25) is 10.0 Å². The van der Waals surface area contributed by atoms with E-state index in [2.05, 4.69) is 15.1 Å². The summed E-state index contributed by atoms with van der Waals surface area (Å²) in [5.41, 5.74) is 1.79. The van der Waals surface area contributed by atoms with Gasteiger partial charge < -0.3 is 19.9 Å². The van der Waals surface area contributed by atoms with E-state index >= 15 is 0 Å². The second-order valence-electron chi connectivity index (χ2n) is 7.95. The van der Waals surface area contributed by atoms with Crippen molar-refractivity contribution < 1.29 is 17.9 Å². The van der Waals surface area contributed by atoms with Crippen molar-refractivity contribution in [1.82, 2.24) is 9.21 Å². The molecule has 1 N–H and O–H groups in total. The normalized spacial score (nSPS) is 18.5. The summed E-state index contributed by atoms with van der Waals surface area (Å²) in [4.78, 5) is 17.3. The van der Waals surface area contributed by atoms with Gasteiger partial charge in [0.15, 0.2) is 0 Å². The van der Waals surface area contributed by atoms with Gasteiger partial charge in [-0.3, -0.25) is 4.79 Å². The number of carbonyl (C=O) groups excluding carboxylic acids is 1. The van der Waals surface area contributed by atoms with Crippen molar-refractivity contribution in [1.29, 1.82) is 0 Å². The topological polar surface area (TPSA) is 82.2 Å². The largest absolute Gasteiger partial charge is 0.378 e. The first kappa shape index (κ1) is 23.0. The molecule has 2 heterocycles. The molecule has 2 fully saturated rings. The lowest BCUT2D eigenvalue weighted by molar-refractivity contribution is 0.102. The molecule has 0 spiro atoms. The fourth-order valence-corrected chi connectivity index (χ4v) is 5.44. The highest BCUT2D eigenvalue weighted by molar-refractivity contribution is 7.89. The lowest BCUT2D eigenvalue weighted by Gasteiger charge is -2.31. The molecule has 0 radical (unpaired) electrons. The standard InChI is InChI=1S/C22H27ClN4O4S/c1-25-8-10-27(11-9-25)32(29,30)19-6-7-21(23)20(16-19)22(28)24-17-2-4-18(5-3-17)26-12-14-31-15-13-26/h2-7,16H,8-15H2,1H3,(H,24,28). The third kappa shape index (κ3) is 5.07. The molecule has 2 saturated heterocycles. The Kier molecular flexibility index (Phi) is 7.02. The number of carbonyl (C=O) groups is 1. The minimum atomic E-state index is -3.70. The number of hydrogen-bond donors (Lipinski definition) is 1. The summed E-state index contributed by atoms with van der Waals surface area (Å²) < 4.78 is 32.9. The molecule has 2 aromatic carbocycles. The van der Waals surface area contributed by atoms with Crippen molar-refractivity contribution in [3.8, 4) is 0 Å². The number of morpholine rings is 1. The summed E-state index contributed by atoms with van der Waals surface area (Å²) in [5.74, 6) is -0.454. The third-order valence-electron chi connectivity index (χ3n) is 5.78. The molecule has 0 saturated carbocycles. The van der Waals surface area contributed by atoms with Crippen molar-refractivity contribution >= 4 is 38.9 Å². The second kappa shape index (κ2) is 9.76. The summed E-state index contributed by atoms with van der Waals surface area (Å²) in [5, 5.41) is 3.01. The Labute approximate surface area is 193 Å². The molecule has 10 heteroatoms. The van der Waals surface area contributed by atoms with Gasteiger partial charge in [-0.05, 0) is 49.5 Å². The first-order valence-electron chi connectivity index (χ1n) is 10.6. The number of nitrogens with zero attached hydrogens (tertiary/aromatic N) is 3. The average molecular weight is 479 g/mol. The van der Waals surface area contributed by atoms with Gasteiger partial charge in [0.25, 0.3) is 5.91 Å². The van der Waals surface area contributed by atoms with Crippen LogP contribution in [0.5, 0.6) is 0 Å². The quantitative estimate of drug-likeness (QED) is 0.710. The third-order valence-corrected chi connectivity index (χ3v) is 8.01. The van der Waals surface area contributed by atoms with E-state index in [1.807, 2.05) is 31.3 Å². The number of rotatable bonds is 5. The number of piperazine rings is 1. The van der Waals surface area contributed by atoms with E-state index in [0.717, 1.165) is 18.8 Å². The number of likely N-dealkylation sites (N-methyl/N-ethyl adjacent to an activating group) is 1. The van der Waals surface area contributed by atoms with Crippen molar-refractivity contribution in [2.75, 3.05) is 69.7 Å². The lowest BCUT2D eigenvalue weighted by Crippen LogP contribution is -2.47. The second-order valence-corrected chi connectivity index (χ2v) is 10.3. The summed E-state index contributed by atoms with van der Waals surface area (Å²) >= 11 is 6.24. The molecule has 2 aliphatic rings. The van der Waals surface area contributed by atoms with Gasteiger partial charge in [0.1, 0.15) is 0 Å². The number of nitrogens with one attached hydrogen (secondary N) is 1. The number of anilines is 2. The minimum absolute atomic E-state index is 0.0688. The van der Waals surface area contributed by atoms with Crippen LogP contribution in [0.15, 0.2) is 47.4 Å². The molecule has 0 aliphatic carbocycles. The molecule has 0 unspecified atom stereocenters. The Morgan fingerprint density at radius 3 is 2.28 bits per heavy atom. The number of halogens is 1. The van der Waals surface area contributed by atoms with E-state index < -0.39 is 15.9 Å². The molecular formula is C22H27ClN4O4S. The molecule has 2 aliphatic heterocycles. The van der Waals surface area contributed by atoms with Crippen LogP contribution < -0.4 is 10.2 Å². The molecule has 4 rings (SSSR count). The first-order valence-corrected chi connectivity index (χ1v) is 12.4. The smallest absolute Gasteiger partial charge is 0.257 e. The van der Waals surface area contributed by atoms with Crippen molar-refractivity contribution in [2.45, 2.75) is 4.90 Å². The SMILES string of the molecule is CN1CCN(S(=O)(=O)c2ccc(Cl)c(C(=O)Nc3ccc(N4CCOCC4)cc3)c2)CC1. The molecule has 8 nitrogen and oxygen atoms in total. The number of ether oxygens (including phenoxy) is 1. The van der Waals surface area contributed by atoms with Crippen LogP contribution >= 0.6 is 11.6 Å². The number of amides is 1. The Morgan fingerprint density at radius 1 is 0.969 bits per heavy atom. The van der Waals surface area contributed by atoms with Gasteiger partial charge in [-0.15, -0.1) is 0 Å².